The van der Waals surface area contributed by atoms with E-state index in [9.17, 15) is 4.79 Å². The Bertz CT molecular complexity index is 932. The lowest BCUT2D eigenvalue weighted by atomic mass is 10.2. The lowest BCUT2D eigenvalue weighted by molar-refractivity contribution is 0.242. The molecule has 0 aliphatic carbocycles. The molecule has 130 valence electrons. The Kier molecular flexibility index (Phi) is 5.30. The Labute approximate surface area is 158 Å². The highest BCUT2D eigenvalue weighted by Crippen LogP contribution is 2.30. The van der Waals surface area contributed by atoms with E-state index in [-0.39, 0.29) is 12.0 Å². The Hall–Kier alpha value is -2.05. The van der Waals surface area contributed by atoms with E-state index in [0.29, 0.717) is 22.9 Å². The van der Waals surface area contributed by atoms with Gasteiger partial charge in [-0.2, -0.15) is 4.68 Å². The van der Waals surface area contributed by atoms with Gasteiger partial charge in [-0.15, -0.1) is 5.10 Å². The third kappa shape index (κ3) is 4.32. The lowest BCUT2D eigenvalue weighted by Crippen LogP contribution is -2.16. The van der Waals surface area contributed by atoms with Gasteiger partial charge in [0.2, 0.25) is 5.89 Å². The van der Waals surface area contributed by atoms with Gasteiger partial charge >= 0.3 is 5.76 Å². The van der Waals surface area contributed by atoms with Gasteiger partial charge < -0.3 is 9.15 Å². The monoisotopic (exact) mass is 422 g/mol. The molecule has 0 fully saturated rings. The molecule has 1 aromatic heterocycles. The second kappa shape index (κ2) is 7.45. The fourth-order valence-corrected chi connectivity index (χ4v) is 2.76. The van der Waals surface area contributed by atoms with Crippen molar-refractivity contribution in [3.8, 4) is 17.2 Å². The van der Waals surface area contributed by atoms with Crippen LogP contribution in [0.2, 0.25) is 5.02 Å². The van der Waals surface area contributed by atoms with E-state index >= 15 is 0 Å². The van der Waals surface area contributed by atoms with Gasteiger partial charge in [0.15, 0.2) is 0 Å². The summed E-state index contributed by atoms with van der Waals surface area (Å²) in [6, 6.07) is 12.8. The van der Waals surface area contributed by atoms with Crippen molar-refractivity contribution in [1.29, 1.82) is 0 Å². The van der Waals surface area contributed by atoms with Crippen LogP contribution in [0.25, 0.3) is 11.5 Å². The molecule has 2 aromatic carbocycles. The summed E-state index contributed by atoms with van der Waals surface area (Å²) in [4.78, 5) is 12.0. The lowest BCUT2D eigenvalue weighted by Gasteiger charge is -2.11. The highest BCUT2D eigenvalue weighted by atomic mass is 79.9. The third-order valence-electron chi connectivity index (χ3n) is 3.39. The molecule has 0 aliphatic heterocycles. The van der Waals surface area contributed by atoms with E-state index in [1.165, 1.54) is 4.68 Å². The molecule has 0 radical (unpaired) electrons. The minimum atomic E-state index is -0.517. The minimum Gasteiger partial charge on any atom is -0.489 e. The highest BCUT2D eigenvalue weighted by Gasteiger charge is 2.13. The molecule has 0 saturated heterocycles. The number of halogens is 2. The van der Waals surface area contributed by atoms with Crippen LogP contribution in [0.3, 0.4) is 0 Å². The first kappa shape index (κ1) is 17.8. The molecule has 3 rings (SSSR count). The fraction of sp³-hybridized carbons (Fsp3) is 0.222. The molecule has 7 heteroatoms. The summed E-state index contributed by atoms with van der Waals surface area (Å²) < 4.78 is 13.1. The maximum absolute atomic E-state index is 12.0. The molecule has 0 saturated carbocycles. The smallest absolute Gasteiger partial charge is 0.437 e. The molecule has 0 bridgehead atoms. The first-order valence-electron chi connectivity index (χ1n) is 7.71. The van der Waals surface area contributed by atoms with Crippen LogP contribution < -0.4 is 10.5 Å². The summed E-state index contributed by atoms with van der Waals surface area (Å²) >= 11 is 9.61. The van der Waals surface area contributed by atoms with Gasteiger partial charge in [0.05, 0.1) is 17.7 Å². The zero-order valence-electron chi connectivity index (χ0n) is 13.7. The van der Waals surface area contributed by atoms with Gasteiger partial charge in [0, 0.05) is 10.0 Å². The fourth-order valence-electron chi connectivity index (χ4n) is 2.27. The molecule has 1 heterocycles. The van der Waals surface area contributed by atoms with Crippen molar-refractivity contribution in [3.63, 3.8) is 0 Å². The van der Waals surface area contributed by atoms with Gasteiger partial charge in [-0.1, -0.05) is 39.7 Å². The van der Waals surface area contributed by atoms with Crippen LogP contribution in [0.15, 0.2) is 56.1 Å². The summed E-state index contributed by atoms with van der Waals surface area (Å²) in [5, 5.41) is 4.70. The first-order valence-corrected chi connectivity index (χ1v) is 8.88. The van der Waals surface area contributed by atoms with Gasteiger partial charge in [0.25, 0.3) is 0 Å². The van der Waals surface area contributed by atoms with E-state index in [2.05, 4.69) is 21.0 Å². The number of benzene rings is 2. The van der Waals surface area contributed by atoms with Gasteiger partial charge in [-0.3, -0.25) is 0 Å². The van der Waals surface area contributed by atoms with Crippen LogP contribution in [-0.2, 0) is 6.54 Å². The molecule has 0 unspecified atom stereocenters. The Balaban J connectivity index is 1.85. The summed E-state index contributed by atoms with van der Waals surface area (Å²) in [6.07, 6.45) is 0.0198. The van der Waals surface area contributed by atoms with Crippen LogP contribution in [0.1, 0.15) is 19.4 Å². The highest BCUT2D eigenvalue weighted by molar-refractivity contribution is 9.10. The Morgan fingerprint density at radius 2 is 1.96 bits per heavy atom. The van der Waals surface area contributed by atoms with Crippen LogP contribution >= 0.6 is 27.5 Å². The van der Waals surface area contributed by atoms with Crippen LogP contribution in [0, 0.1) is 0 Å². The van der Waals surface area contributed by atoms with Crippen LogP contribution in [-0.4, -0.2) is 15.9 Å². The topological polar surface area (TPSA) is 57.3 Å². The Morgan fingerprint density at radius 1 is 1.24 bits per heavy atom. The third-order valence-corrected chi connectivity index (χ3v) is 4.22. The van der Waals surface area contributed by atoms with Crippen molar-refractivity contribution < 1.29 is 9.15 Å². The largest absolute Gasteiger partial charge is 0.489 e. The van der Waals surface area contributed by atoms with Crippen molar-refractivity contribution in [2.24, 2.45) is 0 Å². The number of hydrogen-bond acceptors (Lipinski definition) is 4. The number of rotatable bonds is 5. The van der Waals surface area contributed by atoms with E-state index in [0.717, 1.165) is 10.0 Å². The number of aromatic nitrogens is 2. The predicted octanol–water partition coefficient (Wildman–Crippen LogP) is 4.75. The second-order valence-electron chi connectivity index (χ2n) is 5.77. The zero-order chi connectivity index (χ0) is 18.0. The van der Waals surface area contributed by atoms with Gasteiger partial charge in [-0.05, 0) is 49.7 Å². The van der Waals surface area contributed by atoms with Crippen molar-refractivity contribution in [1.82, 2.24) is 9.78 Å². The summed E-state index contributed by atoms with van der Waals surface area (Å²) in [6.45, 7) is 4.18. The average Bonchev–Trinajstić information content (AvgIpc) is 2.92. The quantitative estimate of drug-likeness (QED) is 0.594. The zero-order valence-corrected chi connectivity index (χ0v) is 16.0. The molecule has 0 aliphatic rings. The van der Waals surface area contributed by atoms with E-state index in [4.69, 9.17) is 20.8 Å². The second-order valence-corrected chi connectivity index (χ2v) is 7.09. The standard InChI is InChI=1S/C18H16BrClN2O3/c1-11(2)24-16-8-5-13(9-15(16)20)17-21-22(18(23)25-17)10-12-3-6-14(19)7-4-12/h3-9,11H,10H2,1-2H3. The molecule has 0 atom stereocenters. The van der Waals surface area contributed by atoms with E-state index < -0.39 is 5.76 Å². The molecular formula is C18H16BrClN2O3. The van der Waals surface area contributed by atoms with Gasteiger partial charge in [-0.25, -0.2) is 4.79 Å². The molecule has 25 heavy (non-hydrogen) atoms. The van der Waals surface area contributed by atoms with E-state index in [1.54, 1.807) is 18.2 Å². The number of hydrogen-bond donors (Lipinski definition) is 0. The van der Waals surface area contributed by atoms with Crippen molar-refractivity contribution in [3.05, 3.63) is 68.1 Å². The van der Waals surface area contributed by atoms with Gasteiger partial charge in [0.1, 0.15) is 5.75 Å². The molecule has 0 N–H and O–H groups in total. The van der Waals surface area contributed by atoms with Crippen molar-refractivity contribution in [2.45, 2.75) is 26.5 Å². The molecule has 0 spiro atoms. The first-order chi connectivity index (χ1) is 11.9. The number of nitrogens with zero attached hydrogens (tertiary/aromatic N) is 2. The molecule has 0 amide bonds. The van der Waals surface area contributed by atoms with Crippen LogP contribution in [0.4, 0.5) is 0 Å². The van der Waals surface area contributed by atoms with Crippen LogP contribution in [0.5, 0.6) is 5.75 Å². The molecule has 5 nitrogen and oxygen atoms in total. The molecular weight excluding hydrogens is 408 g/mol. The van der Waals surface area contributed by atoms with Crippen molar-refractivity contribution in [2.75, 3.05) is 0 Å². The van der Waals surface area contributed by atoms with E-state index in [1.807, 2.05) is 38.1 Å². The maximum Gasteiger partial charge on any atom is 0.437 e. The predicted molar refractivity (Wildman–Crippen MR) is 100 cm³/mol. The normalized spacial score (nSPS) is 11.1. The maximum atomic E-state index is 12.0. The summed E-state index contributed by atoms with van der Waals surface area (Å²) in [7, 11) is 0. The SMILES string of the molecule is CC(C)Oc1ccc(-c2nn(Cc3ccc(Br)cc3)c(=O)o2)cc1Cl. The summed E-state index contributed by atoms with van der Waals surface area (Å²) in [5.41, 5.74) is 1.57. The summed E-state index contributed by atoms with van der Waals surface area (Å²) in [5.74, 6) is 0.286. The van der Waals surface area contributed by atoms with Crippen molar-refractivity contribution >= 4 is 27.5 Å². The average molecular weight is 424 g/mol. The molecule has 3 aromatic rings. The number of ether oxygens (including phenoxy) is 1. The Morgan fingerprint density at radius 3 is 2.60 bits per heavy atom. The minimum absolute atomic E-state index is 0.0198.